The summed E-state index contributed by atoms with van der Waals surface area (Å²) in [4.78, 5) is 4.29. The Morgan fingerprint density at radius 2 is 2.38 bits per heavy atom. The van der Waals surface area contributed by atoms with Crippen LogP contribution in [0.1, 0.15) is 25.5 Å². The maximum Gasteiger partial charge on any atom is 0.137 e. The van der Waals surface area contributed by atoms with Gasteiger partial charge in [0.05, 0.1) is 18.5 Å². The van der Waals surface area contributed by atoms with Crippen LogP contribution in [0.2, 0.25) is 0 Å². The molecule has 1 rings (SSSR count). The van der Waals surface area contributed by atoms with Gasteiger partial charge < -0.3 is 10.1 Å². The molecule has 0 spiro atoms. The van der Waals surface area contributed by atoms with Crippen molar-refractivity contribution < 1.29 is 4.74 Å². The van der Waals surface area contributed by atoms with Crippen LogP contribution >= 0.6 is 0 Å². The van der Waals surface area contributed by atoms with Gasteiger partial charge in [0.15, 0.2) is 0 Å². The van der Waals surface area contributed by atoms with Gasteiger partial charge in [-0.1, -0.05) is 6.92 Å². The minimum Gasteiger partial charge on any atom is -0.491 e. The first-order valence-corrected chi connectivity index (χ1v) is 5.58. The summed E-state index contributed by atoms with van der Waals surface area (Å²) in [6, 6.07) is 3.89. The zero-order valence-corrected chi connectivity index (χ0v) is 9.70. The topological polar surface area (TPSA) is 34.1 Å². The molecule has 3 heteroatoms. The molecule has 3 nitrogen and oxygen atoms in total. The highest BCUT2D eigenvalue weighted by molar-refractivity contribution is 5.19. The van der Waals surface area contributed by atoms with Crippen LogP contribution in [0.3, 0.4) is 0 Å². The first-order valence-electron chi connectivity index (χ1n) is 5.58. The highest BCUT2D eigenvalue weighted by Crippen LogP contribution is 2.09. The summed E-state index contributed by atoms with van der Waals surface area (Å²) >= 11 is 0. The summed E-state index contributed by atoms with van der Waals surface area (Å²) < 4.78 is 5.40. The second kappa shape index (κ2) is 7.72. The maximum absolute atomic E-state index is 5.40. The number of hydrogen-bond acceptors (Lipinski definition) is 3. The molecule has 0 aromatic carbocycles. The van der Waals surface area contributed by atoms with Crippen molar-refractivity contribution in [2.24, 2.45) is 0 Å². The van der Waals surface area contributed by atoms with Gasteiger partial charge in [0.1, 0.15) is 5.75 Å². The van der Waals surface area contributed by atoms with Crippen LogP contribution in [-0.4, -0.2) is 18.1 Å². The lowest BCUT2D eigenvalue weighted by Gasteiger charge is -2.05. The lowest BCUT2D eigenvalue weighted by Crippen LogP contribution is -2.14. The van der Waals surface area contributed by atoms with Crippen LogP contribution in [0.15, 0.2) is 18.3 Å². The molecule has 16 heavy (non-hydrogen) atoms. The Morgan fingerprint density at radius 3 is 3.00 bits per heavy atom. The average molecular weight is 218 g/mol. The van der Waals surface area contributed by atoms with E-state index in [1.165, 1.54) is 0 Å². The summed E-state index contributed by atoms with van der Waals surface area (Å²) in [5, 5.41) is 3.29. The highest BCUT2D eigenvalue weighted by atomic mass is 16.5. The summed E-state index contributed by atoms with van der Waals surface area (Å²) in [5.74, 6) is 3.30. The first kappa shape index (κ1) is 12.5. The normalized spacial score (nSPS) is 9.75. The van der Waals surface area contributed by atoms with Gasteiger partial charge in [-0.05, 0) is 25.1 Å². The van der Waals surface area contributed by atoms with Gasteiger partial charge in [-0.2, -0.15) is 0 Å². The van der Waals surface area contributed by atoms with E-state index in [1.54, 1.807) is 6.20 Å². The minimum atomic E-state index is 0.547. The third-order valence-corrected chi connectivity index (χ3v) is 2.05. The van der Waals surface area contributed by atoms with Gasteiger partial charge in [-0.15, -0.1) is 12.3 Å². The number of rotatable bonds is 7. The maximum atomic E-state index is 5.40. The van der Waals surface area contributed by atoms with Crippen LogP contribution in [0.4, 0.5) is 0 Å². The van der Waals surface area contributed by atoms with E-state index in [4.69, 9.17) is 11.2 Å². The fourth-order valence-electron chi connectivity index (χ4n) is 1.22. The highest BCUT2D eigenvalue weighted by Gasteiger charge is 1.96. The van der Waals surface area contributed by atoms with Crippen LogP contribution in [0.5, 0.6) is 5.75 Å². The number of aromatic nitrogens is 1. The number of nitrogens with one attached hydrogen (secondary N) is 1. The lowest BCUT2D eigenvalue weighted by atomic mass is 10.3. The average Bonchev–Trinajstić information content (AvgIpc) is 2.32. The van der Waals surface area contributed by atoms with E-state index in [0.717, 1.165) is 31.0 Å². The molecule has 1 aromatic heterocycles. The van der Waals surface area contributed by atoms with Crippen LogP contribution in [-0.2, 0) is 6.54 Å². The second-order valence-corrected chi connectivity index (χ2v) is 3.46. The zero-order valence-electron chi connectivity index (χ0n) is 9.70. The van der Waals surface area contributed by atoms with Crippen molar-refractivity contribution in [1.82, 2.24) is 10.3 Å². The fourth-order valence-corrected chi connectivity index (χ4v) is 1.22. The van der Waals surface area contributed by atoms with E-state index in [9.17, 15) is 0 Å². The molecule has 0 unspecified atom stereocenters. The molecule has 1 N–H and O–H groups in total. The smallest absolute Gasteiger partial charge is 0.137 e. The Morgan fingerprint density at radius 1 is 1.50 bits per heavy atom. The number of pyridine rings is 1. The van der Waals surface area contributed by atoms with E-state index in [0.29, 0.717) is 13.0 Å². The van der Waals surface area contributed by atoms with Gasteiger partial charge in [0, 0.05) is 13.0 Å². The van der Waals surface area contributed by atoms with Crippen molar-refractivity contribution in [3.8, 4) is 18.1 Å². The number of hydrogen-bond donors (Lipinski definition) is 1. The van der Waals surface area contributed by atoms with E-state index in [-0.39, 0.29) is 0 Å². The first-order chi connectivity index (χ1) is 7.86. The van der Waals surface area contributed by atoms with Gasteiger partial charge in [-0.25, -0.2) is 0 Å². The minimum absolute atomic E-state index is 0.547. The molecule has 0 amide bonds. The van der Waals surface area contributed by atoms with Crippen molar-refractivity contribution in [2.75, 3.05) is 13.2 Å². The molecular formula is C13H18N2O. The molecular weight excluding hydrogens is 200 g/mol. The molecule has 1 heterocycles. The van der Waals surface area contributed by atoms with Crippen molar-refractivity contribution in [2.45, 2.75) is 26.3 Å². The quantitative estimate of drug-likeness (QED) is 0.561. The molecule has 0 aliphatic rings. The molecule has 1 aromatic rings. The van der Waals surface area contributed by atoms with Crippen LogP contribution < -0.4 is 10.1 Å². The molecule has 0 saturated carbocycles. The molecule has 0 bridgehead atoms. The molecule has 0 radical (unpaired) electrons. The van der Waals surface area contributed by atoms with Gasteiger partial charge in [0.2, 0.25) is 0 Å². The predicted octanol–water partition coefficient (Wildman–Crippen LogP) is 1.98. The summed E-state index contributed by atoms with van der Waals surface area (Å²) in [7, 11) is 0. The lowest BCUT2D eigenvalue weighted by molar-refractivity contribution is 0.325. The van der Waals surface area contributed by atoms with Gasteiger partial charge in [-0.3, -0.25) is 4.98 Å². The molecule has 0 aliphatic carbocycles. The molecule has 0 saturated heterocycles. The molecule has 86 valence electrons. The van der Waals surface area contributed by atoms with Crippen molar-refractivity contribution in [1.29, 1.82) is 0 Å². The molecule has 0 fully saturated rings. The number of nitrogens with zero attached hydrogens (tertiary/aromatic N) is 1. The Bertz CT molecular complexity index is 327. The Kier molecular flexibility index (Phi) is 6.05. The zero-order chi connectivity index (χ0) is 11.6. The number of terminal acetylenes is 1. The van der Waals surface area contributed by atoms with Gasteiger partial charge >= 0.3 is 0 Å². The van der Waals surface area contributed by atoms with Crippen LogP contribution in [0, 0.1) is 12.3 Å². The standard InChI is InChI=1S/C13H18N2O/c1-3-5-9-16-13-7-6-12(15-11-13)10-14-8-4-2/h1,6-7,11,14H,4-5,8-10H2,2H3. The van der Waals surface area contributed by atoms with Crippen LogP contribution in [0.25, 0.3) is 0 Å². The largest absolute Gasteiger partial charge is 0.491 e. The SMILES string of the molecule is C#CCCOc1ccc(CNCCC)nc1. The van der Waals surface area contributed by atoms with Crippen molar-refractivity contribution >= 4 is 0 Å². The molecule has 0 aliphatic heterocycles. The Labute approximate surface area is 97.2 Å². The third-order valence-electron chi connectivity index (χ3n) is 2.05. The Balaban J connectivity index is 2.33. The summed E-state index contributed by atoms with van der Waals surface area (Å²) in [6.45, 7) is 4.51. The third kappa shape index (κ3) is 4.81. The predicted molar refractivity (Wildman–Crippen MR) is 65.2 cm³/mol. The van der Waals surface area contributed by atoms with Gasteiger partial charge in [0.25, 0.3) is 0 Å². The summed E-state index contributed by atoms with van der Waals surface area (Å²) in [5.41, 5.74) is 1.03. The van der Waals surface area contributed by atoms with Crippen molar-refractivity contribution in [3.63, 3.8) is 0 Å². The number of ether oxygens (including phenoxy) is 1. The van der Waals surface area contributed by atoms with E-state index >= 15 is 0 Å². The second-order valence-electron chi connectivity index (χ2n) is 3.46. The summed E-state index contributed by atoms with van der Waals surface area (Å²) in [6.07, 6.45) is 8.62. The Hall–Kier alpha value is -1.53. The fraction of sp³-hybridized carbons (Fsp3) is 0.462. The molecule has 0 atom stereocenters. The van der Waals surface area contributed by atoms with Crippen molar-refractivity contribution in [3.05, 3.63) is 24.0 Å². The van der Waals surface area contributed by atoms with E-state index in [1.807, 2.05) is 12.1 Å². The van der Waals surface area contributed by atoms with E-state index in [2.05, 4.69) is 23.1 Å². The monoisotopic (exact) mass is 218 g/mol. The van der Waals surface area contributed by atoms with E-state index < -0.39 is 0 Å².